The van der Waals surface area contributed by atoms with Crippen molar-refractivity contribution in [3.63, 3.8) is 0 Å². The van der Waals surface area contributed by atoms with Crippen LogP contribution in [0.2, 0.25) is 0 Å². The Hall–Kier alpha value is -1.01. The van der Waals surface area contributed by atoms with E-state index in [-0.39, 0.29) is 0 Å². The van der Waals surface area contributed by atoms with Crippen LogP contribution in [0.25, 0.3) is 0 Å². The number of nitrogen functional groups attached to an aromatic ring is 1. The summed E-state index contributed by atoms with van der Waals surface area (Å²) < 4.78 is 0. The summed E-state index contributed by atoms with van der Waals surface area (Å²) in [6.45, 7) is 3.05. The number of thioether (sulfide) groups is 1. The number of hydrogen-bond donors (Lipinski definition) is 3. The molecule has 1 aromatic heterocycles. The minimum absolute atomic E-state index is 0.702. The van der Waals surface area contributed by atoms with Gasteiger partial charge in [0.15, 0.2) is 0 Å². The first-order valence-corrected chi connectivity index (χ1v) is 7.56. The Balaban J connectivity index is 1.99. The highest BCUT2D eigenvalue weighted by atomic mass is 32.2. The summed E-state index contributed by atoms with van der Waals surface area (Å²) in [7, 11) is 0. The average molecular weight is 267 g/mol. The molecule has 4 N–H and O–H groups in total. The summed E-state index contributed by atoms with van der Waals surface area (Å²) in [5.74, 6) is 8.37. The zero-order valence-corrected chi connectivity index (χ0v) is 11.6. The highest BCUT2D eigenvalue weighted by Crippen LogP contribution is 2.26. The van der Waals surface area contributed by atoms with Gasteiger partial charge in [0.1, 0.15) is 18.0 Å². The zero-order chi connectivity index (χ0) is 12.8. The van der Waals surface area contributed by atoms with Crippen LogP contribution >= 0.6 is 11.8 Å². The Bertz CT molecular complexity index is 379. The first-order valence-electron chi connectivity index (χ1n) is 6.51. The fourth-order valence-electron chi connectivity index (χ4n) is 2.20. The summed E-state index contributed by atoms with van der Waals surface area (Å²) >= 11 is 2.06. The summed E-state index contributed by atoms with van der Waals surface area (Å²) in [6.07, 6.45) is 6.41. The van der Waals surface area contributed by atoms with E-state index in [9.17, 15) is 0 Å². The van der Waals surface area contributed by atoms with Gasteiger partial charge in [0, 0.05) is 17.4 Å². The van der Waals surface area contributed by atoms with Gasteiger partial charge in [-0.1, -0.05) is 13.3 Å². The fraction of sp³-hybridized carbons (Fsp3) is 0.667. The lowest BCUT2D eigenvalue weighted by Crippen LogP contribution is -2.22. The van der Waals surface area contributed by atoms with Gasteiger partial charge in [-0.2, -0.15) is 11.8 Å². The van der Waals surface area contributed by atoms with Crippen molar-refractivity contribution in [1.29, 1.82) is 0 Å². The third-order valence-electron chi connectivity index (χ3n) is 3.21. The van der Waals surface area contributed by atoms with Gasteiger partial charge in [0.2, 0.25) is 0 Å². The summed E-state index contributed by atoms with van der Waals surface area (Å²) in [4.78, 5) is 8.45. The maximum atomic E-state index is 5.46. The number of anilines is 2. The van der Waals surface area contributed by atoms with Gasteiger partial charge < -0.3 is 10.7 Å². The Morgan fingerprint density at radius 1 is 1.39 bits per heavy atom. The molecule has 5 nitrogen and oxygen atoms in total. The van der Waals surface area contributed by atoms with Gasteiger partial charge in [-0.3, -0.25) is 0 Å². The lowest BCUT2D eigenvalue weighted by atomic mass is 10.2. The first-order chi connectivity index (χ1) is 8.85. The van der Waals surface area contributed by atoms with Gasteiger partial charge >= 0.3 is 0 Å². The molecule has 100 valence electrons. The second kappa shape index (κ2) is 6.80. The van der Waals surface area contributed by atoms with Crippen LogP contribution in [-0.2, 0) is 6.42 Å². The number of rotatable bonds is 5. The molecule has 1 unspecified atom stereocenters. The number of hydrazine groups is 1. The zero-order valence-electron chi connectivity index (χ0n) is 10.8. The van der Waals surface area contributed by atoms with Crippen LogP contribution < -0.4 is 16.6 Å². The number of nitrogens with zero attached hydrogens (tertiary/aromatic N) is 2. The Morgan fingerprint density at radius 3 is 2.89 bits per heavy atom. The number of hydrogen-bond acceptors (Lipinski definition) is 6. The molecule has 1 aromatic rings. The molecule has 0 saturated carbocycles. The Labute approximate surface area is 112 Å². The van der Waals surface area contributed by atoms with Gasteiger partial charge in [-0.25, -0.2) is 15.8 Å². The summed E-state index contributed by atoms with van der Waals surface area (Å²) in [6, 6.07) is 0. The van der Waals surface area contributed by atoms with Crippen molar-refractivity contribution in [1.82, 2.24) is 9.97 Å². The quantitative estimate of drug-likeness (QED) is 0.560. The molecule has 2 heterocycles. The second-order valence-corrected chi connectivity index (χ2v) is 5.83. The van der Waals surface area contributed by atoms with Crippen LogP contribution in [0.5, 0.6) is 0 Å². The molecule has 1 aliphatic rings. The van der Waals surface area contributed by atoms with Gasteiger partial charge in [0.25, 0.3) is 0 Å². The molecule has 0 aromatic carbocycles. The molecule has 1 saturated heterocycles. The van der Waals surface area contributed by atoms with E-state index in [1.54, 1.807) is 6.33 Å². The molecule has 1 atom stereocenters. The van der Waals surface area contributed by atoms with Crippen molar-refractivity contribution in [3.05, 3.63) is 11.9 Å². The van der Waals surface area contributed by atoms with E-state index in [0.29, 0.717) is 11.1 Å². The highest BCUT2D eigenvalue weighted by molar-refractivity contribution is 7.99. The van der Waals surface area contributed by atoms with Gasteiger partial charge in [-0.05, 0) is 25.0 Å². The van der Waals surface area contributed by atoms with E-state index >= 15 is 0 Å². The third kappa shape index (κ3) is 3.26. The van der Waals surface area contributed by atoms with Crippen molar-refractivity contribution in [2.24, 2.45) is 5.84 Å². The molecule has 0 aliphatic carbocycles. The molecule has 0 radical (unpaired) electrons. The summed E-state index contributed by atoms with van der Waals surface area (Å²) in [5, 5.41) is 4.14. The maximum Gasteiger partial charge on any atom is 0.148 e. The normalized spacial score (nSPS) is 19.6. The Kier molecular flexibility index (Phi) is 5.07. The van der Waals surface area contributed by atoms with E-state index in [1.165, 1.54) is 25.0 Å². The predicted octanol–water partition coefficient (Wildman–Crippen LogP) is 2.02. The molecule has 1 fully saturated rings. The maximum absolute atomic E-state index is 5.46. The second-order valence-electron chi connectivity index (χ2n) is 4.42. The molecule has 18 heavy (non-hydrogen) atoms. The predicted molar refractivity (Wildman–Crippen MR) is 77.8 cm³/mol. The van der Waals surface area contributed by atoms with Crippen molar-refractivity contribution < 1.29 is 0 Å². The van der Waals surface area contributed by atoms with Gasteiger partial charge in [-0.15, -0.1) is 0 Å². The van der Waals surface area contributed by atoms with Crippen LogP contribution in [0.15, 0.2) is 6.33 Å². The molecule has 6 heteroatoms. The number of nitrogens with one attached hydrogen (secondary N) is 2. The minimum Gasteiger partial charge on any atom is -0.369 e. The van der Waals surface area contributed by atoms with Gasteiger partial charge in [0.05, 0.1) is 0 Å². The molecule has 0 spiro atoms. The topological polar surface area (TPSA) is 75.9 Å². The third-order valence-corrected chi connectivity index (χ3v) is 4.60. The molecular weight excluding hydrogens is 246 g/mol. The number of aromatic nitrogens is 2. The fourth-order valence-corrected chi connectivity index (χ4v) is 3.44. The first kappa shape index (κ1) is 13.4. The van der Waals surface area contributed by atoms with Crippen LogP contribution in [-0.4, -0.2) is 27.5 Å². The number of nitrogens with two attached hydrogens (primary N) is 1. The van der Waals surface area contributed by atoms with Crippen LogP contribution in [0.4, 0.5) is 11.6 Å². The largest absolute Gasteiger partial charge is 0.369 e. The van der Waals surface area contributed by atoms with Crippen molar-refractivity contribution >= 4 is 23.4 Å². The van der Waals surface area contributed by atoms with E-state index < -0.39 is 0 Å². The average Bonchev–Trinajstić information content (AvgIpc) is 2.45. The molecule has 0 amide bonds. The molecular formula is C12H21N5S. The van der Waals surface area contributed by atoms with E-state index in [1.807, 2.05) is 0 Å². The molecule has 1 aliphatic heterocycles. The smallest absolute Gasteiger partial charge is 0.148 e. The van der Waals surface area contributed by atoms with Crippen LogP contribution in [0.1, 0.15) is 31.7 Å². The van der Waals surface area contributed by atoms with Crippen molar-refractivity contribution in [3.8, 4) is 0 Å². The van der Waals surface area contributed by atoms with E-state index in [2.05, 4.69) is 39.4 Å². The SMILES string of the molecule is CCc1c(NN)ncnc1NCC1CCCCS1. The Morgan fingerprint density at radius 2 is 2.22 bits per heavy atom. The summed E-state index contributed by atoms with van der Waals surface area (Å²) in [5.41, 5.74) is 3.68. The minimum atomic E-state index is 0.702. The lowest BCUT2D eigenvalue weighted by Gasteiger charge is -2.22. The van der Waals surface area contributed by atoms with Crippen molar-refractivity contribution in [2.45, 2.75) is 37.9 Å². The van der Waals surface area contributed by atoms with Crippen molar-refractivity contribution in [2.75, 3.05) is 23.0 Å². The molecule has 0 bridgehead atoms. The van der Waals surface area contributed by atoms with E-state index in [0.717, 1.165) is 24.3 Å². The van der Waals surface area contributed by atoms with E-state index in [4.69, 9.17) is 5.84 Å². The monoisotopic (exact) mass is 267 g/mol. The van der Waals surface area contributed by atoms with Crippen LogP contribution in [0.3, 0.4) is 0 Å². The van der Waals surface area contributed by atoms with Crippen LogP contribution in [0, 0.1) is 0 Å². The lowest BCUT2D eigenvalue weighted by molar-refractivity contribution is 0.676. The highest BCUT2D eigenvalue weighted by Gasteiger charge is 2.15. The standard InChI is InChI=1S/C12H21N5S/c1-2-10-11(15-8-16-12(10)17-13)14-7-9-5-3-4-6-18-9/h8-9H,2-7,13H2,1H3,(H2,14,15,16,17). The molecule has 2 rings (SSSR count).